The number of rotatable bonds is 4. The normalized spacial score (nSPS) is 26.6. The Bertz CT molecular complexity index is 517. The highest BCUT2D eigenvalue weighted by Crippen LogP contribution is 2.28. The minimum absolute atomic E-state index is 0.123. The van der Waals surface area contributed by atoms with Gasteiger partial charge in [0, 0.05) is 44.6 Å². The number of nitrogens with zero attached hydrogens (tertiary/aromatic N) is 3. The predicted octanol–water partition coefficient (Wildman–Crippen LogP) is 1.34. The van der Waals surface area contributed by atoms with Crippen LogP contribution in [0.1, 0.15) is 37.2 Å². The molecule has 1 aromatic rings. The molecule has 2 atom stereocenters. The third-order valence-electron chi connectivity index (χ3n) is 5.08. The number of amides is 1. The lowest BCUT2D eigenvalue weighted by Gasteiger charge is -2.31. The maximum atomic E-state index is 12.4. The molecular formula is C17H26N4O2. The molecule has 3 rings (SSSR count). The Balaban J connectivity index is 1.65. The predicted molar refractivity (Wildman–Crippen MR) is 87.0 cm³/mol. The molecule has 23 heavy (non-hydrogen) atoms. The van der Waals surface area contributed by atoms with E-state index in [-0.39, 0.29) is 11.9 Å². The fourth-order valence-corrected chi connectivity index (χ4v) is 3.70. The number of aromatic nitrogens is 2. The van der Waals surface area contributed by atoms with Crippen molar-refractivity contribution >= 4 is 5.91 Å². The summed E-state index contributed by atoms with van der Waals surface area (Å²) < 4.78 is 5.47. The van der Waals surface area contributed by atoms with Crippen molar-refractivity contribution in [2.75, 3.05) is 26.3 Å². The van der Waals surface area contributed by atoms with E-state index in [1.54, 1.807) is 18.3 Å². The van der Waals surface area contributed by atoms with Crippen LogP contribution in [0.15, 0.2) is 18.3 Å². The summed E-state index contributed by atoms with van der Waals surface area (Å²) in [5, 5.41) is 10.9. The van der Waals surface area contributed by atoms with Crippen molar-refractivity contribution in [3.8, 4) is 0 Å². The minimum atomic E-state index is -0.123. The number of hydrogen-bond acceptors (Lipinski definition) is 5. The van der Waals surface area contributed by atoms with Gasteiger partial charge in [-0.1, -0.05) is 13.8 Å². The molecule has 2 aliphatic heterocycles. The third-order valence-corrected chi connectivity index (χ3v) is 5.08. The lowest BCUT2D eigenvalue weighted by Crippen LogP contribution is -2.43. The van der Waals surface area contributed by atoms with E-state index in [1.807, 2.05) is 0 Å². The average Bonchev–Trinajstić information content (AvgIpc) is 3.00. The van der Waals surface area contributed by atoms with Crippen LogP contribution in [0.5, 0.6) is 0 Å². The van der Waals surface area contributed by atoms with Crippen molar-refractivity contribution in [1.29, 1.82) is 0 Å². The average molecular weight is 318 g/mol. The highest BCUT2D eigenvalue weighted by Gasteiger charge is 2.38. The van der Waals surface area contributed by atoms with Crippen LogP contribution in [0.2, 0.25) is 0 Å². The Kier molecular flexibility index (Phi) is 5.23. The molecular weight excluding hydrogens is 292 g/mol. The molecule has 0 aliphatic carbocycles. The Morgan fingerprint density at radius 3 is 2.78 bits per heavy atom. The van der Waals surface area contributed by atoms with Crippen LogP contribution in [0.25, 0.3) is 0 Å². The van der Waals surface area contributed by atoms with Gasteiger partial charge >= 0.3 is 0 Å². The van der Waals surface area contributed by atoms with Crippen LogP contribution in [-0.2, 0) is 4.74 Å². The summed E-state index contributed by atoms with van der Waals surface area (Å²) in [5.74, 6) is 0.882. The van der Waals surface area contributed by atoms with Gasteiger partial charge in [0.15, 0.2) is 5.69 Å². The molecule has 6 heteroatoms. The molecule has 2 aliphatic rings. The molecule has 0 spiro atoms. The fraction of sp³-hybridized carbons (Fsp3) is 0.706. The fourth-order valence-electron chi connectivity index (χ4n) is 3.70. The van der Waals surface area contributed by atoms with Gasteiger partial charge in [-0.3, -0.25) is 9.69 Å². The summed E-state index contributed by atoms with van der Waals surface area (Å²) in [6, 6.07) is 4.21. The maximum absolute atomic E-state index is 12.4. The van der Waals surface area contributed by atoms with Crippen LogP contribution < -0.4 is 5.32 Å². The lowest BCUT2D eigenvalue weighted by molar-refractivity contribution is 0.0401. The number of ether oxygens (including phenoxy) is 1. The number of likely N-dealkylation sites (tertiary alicyclic amines) is 1. The van der Waals surface area contributed by atoms with Crippen molar-refractivity contribution in [2.45, 2.75) is 38.8 Å². The zero-order chi connectivity index (χ0) is 16.2. The van der Waals surface area contributed by atoms with Crippen LogP contribution in [-0.4, -0.2) is 59.4 Å². The van der Waals surface area contributed by atoms with Crippen molar-refractivity contribution < 1.29 is 9.53 Å². The summed E-state index contributed by atoms with van der Waals surface area (Å²) in [4.78, 5) is 14.9. The van der Waals surface area contributed by atoms with Gasteiger partial charge in [0.05, 0.1) is 0 Å². The van der Waals surface area contributed by atoms with Crippen LogP contribution >= 0.6 is 0 Å². The first-order valence-corrected chi connectivity index (χ1v) is 8.55. The Labute approximate surface area is 137 Å². The molecule has 0 aromatic carbocycles. The molecule has 126 valence electrons. The van der Waals surface area contributed by atoms with Gasteiger partial charge in [-0.2, -0.15) is 5.10 Å². The van der Waals surface area contributed by atoms with Gasteiger partial charge in [0.1, 0.15) is 0 Å². The molecule has 0 bridgehead atoms. The second kappa shape index (κ2) is 7.36. The smallest absolute Gasteiger partial charge is 0.272 e. The second-order valence-corrected chi connectivity index (χ2v) is 6.89. The molecule has 0 radical (unpaired) electrons. The van der Waals surface area contributed by atoms with Crippen molar-refractivity contribution in [1.82, 2.24) is 20.4 Å². The van der Waals surface area contributed by atoms with E-state index >= 15 is 0 Å². The Morgan fingerprint density at radius 2 is 2.13 bits per heavy atom. The third kappa shape index (κ3) is 3.87. The summed E-state index contributed by atoms with van der Waals surface area (Å²) in [6.45, 7) is 8.14. The summed E-state index contributed by atoms with van der Waals surface area (Å²) in [6.07, 6.45) is 3.77. The van der Waals surface area contributed by atoms with Crippen LogP contribution in [0.3, 0.4) is 0 Å². The van der Waals surface area contributed by atoms with E-state index in [2.05, 4.69) is 34.3 Å². The quantitative estimate of drug-likeness (QED) is 0.907. The van der Waals surface area contributed by atoms with E-state index in [0.29, 0.717) is 23.6 Å². The number of carbonyl (C=O) groups is 1. The van der Waals surface area contributed by atoms with Crippen LogP contribution in [0.4, 0.5) is 0 Å². The zero-order valence-electron chi connectivity index (χ0n) is 13.9. The number of nitrogens with one attached hydrogen (secondary N) is 1. The van der Waals surface area contributed by atoms with E-state index in [1.165, 1.54) is 0 Å². The highest BCUT2D eigenvalue weighted by molar-refractivity contribution is 5.92. The monoisotopic (exact) mass is 318 g/mol. The molecule has 2 saturated heterocycles. The second-order valence-electron chi connectivity index (χ2n) is 6.89. The zero-order valence-corrected chi connectivity index (χ0v) is 13.9. The molecule has 3 heterocycles. The van der Waals surface area contributed by atoms with Crippen molar-refractivity contribution in [2.24, 2.45) is 11.8 Å². The maximum Gasteiger partial charge on any atom is 0.272 e. The first-order chi connectivity index (χ1) is 11.1. The summed E-state index contributed by atoms with van der Waals surface area (Å²) in [5.41, 5.74) is 0.388. The van der Waals surface area contributed by atoms with E-state index in [0.717, 1.165) is 39.1 Å². The molecule has 0 unspecified atom stereocenters. The van der Waals surface area contributed by atoms with E-state index in [9.17, 15) is 4.79 Å². The number of carbonyl (C=O) groups excluding carboxylic acids is 1. The van der Waals surface area contributed by atoms with E-state index < -0.39 is 0 Å². The van der Waals surface area contributed by atoms with Gasteiger partial charge in [-0.25, -0.2) is 0 Å². The number of hydrogen-bond donors (Lipinski definition) is 1. The Hall–Kier alpha value is -1.53. The first-order valence-electron chi connectivity index (χ1n) is 8.55. The largest absolute Gasteiger partial charge is 0.381 e. The van der Waals surface area contributed by atoms with E-state index in [4.69, 9.17) is 4.74 Å². The molecule has 1 aromatic heterocycles. The molecule has 1 amide bonds. The van der Waals surface area contributed by atoms with Gasteiger partial charge < -0.3 is 10.1 Å². The first kappa shape index (κ1) is 16.3. The lowest BCUT2D eigenvalue weighted by atomic mass is 9.91. The van der Waals surface area contributed by atoms with Gasteiger partial charge in [-0.15, -0.1) is 5.10 Å². The summed E-state index contributed by atoms with van der Waals surface area (Å²) in [7, 11) is 0. The summed E-state index contributed by atoms with van der Waals surface area (Å²) >= 11 is 0. The minimum Gasteiger partial charge on any atom is -0.381 e. The standard InChI is InChI=1S/C17H26N4O2/c1-12(2)14-10-21(13-5-8-23-9-6-13)11-16(14)19-17(22)15-4-3-7-18-20-15/h3-4,7,12-14,16H,5-6,8-11H2,1-2H3,(H,19,22)/t14-,16+/m0/s1. The van der Waals surface area contributed by atoms with Gasteiger partial charge in [0.2, 0.25) is 0 Å². The SMILES string of the molecule is CC(C)[C@@H]1CN(C2CCOCC2)C[C@H]1NC(=O)c1cccnn1. The Morgan fingerprint density at radius 1 is 1.35 bits per heavy atom. The van der Waals surface area contributed by atoms with Gasteiger partial charge in [-0.05, 0) is 36.8 Å². The molecule has 6 nitrogen and oxygen atoms in total. The van der Waals surface area contributed by atoms with Gasteiger partial charge in [0.25, 0.3) is 5.91 Å². The topological polar surface area (TPSA) is 67.3 Å². The highest BCUT2D eigenvalue weighted by atomic mass is 16.5. The molecule has 0 saturated carbocycles. The molecule has 1 N–H and O–H groups in total. The van der Waals surface area contributed by atoms with Crippen LogP contribution in [0, 0.1) is 11.8 Å². The van der Waals surface area contributed by atoms with Crippen molar-refractivity contribution in [3.63, 3.8) is 0 Å². The molecule has 2 fully saturated rings. The van der Waals surface area contributed by atoms with Crippen molar-refractivity contribution in [3.05, 3.63) is 24.0 Å².